The zero-order chi connectivity index (χ0) is 10.6. The lowest BCUT2D eigenvalue weighted by Crippen LogP contribution is -2.51. The standard InChI is InChI=1S/C8H13N3O3/c9-8(4-12,7(13)14)2-1-6-3-10-5-11-6/h3,5,12H,1-2,4,9H2,(H,10,11)(H,13,14). The molecule has 0 spiro atoms. The van der Waals surface area contributed by atoms with Gasteiger partial charge in [0.25, 0.3) is 0 Å². The Balaban J connectivity index is 2.54. The van der Waals surface area contributed by atoms with Crippen LogP contribution in [0, 0.1) is 0 Å². The Morgan fingerprint density at radius 3 is 2.86 bits per heavy atom. The number of carboxylic acid groups (broad SMARTS) is 1. The van der Waals surface area contributed by atoms with E-state index in [1.54, 1.807) is 6.20 Å². The fraction of sp³-hybridized carbons (Fsp3) is 0.500. The molecule has 1 heterocycles. The number of carbonyl (C=O) groups is 1. The molecule has 5 N–H and O–H groups in total. The molecular formula is C8H13N3O3. The van der Waals surface area contributed by atoms with E-state index in [-0.39, 0.29) is 6.42 Å². The maximum Gasteiger partial charge on any atom is 0.326 e. The zero-order valence-corrected chi connectivity index (χ0v) is 7.60. The first-order chi connectivity index (χ1) is 6.58. The van der Waals surface area contributed by atoms with Gasteiger partial charge in [0.1, 0.15) is 5.54 Å². The molecule has 6 nitrogen and oxygen atoms in total. The summed E-state index contributed by atoms with van der Waals surface area (Å²) in [6.07, 6.45) is 3.72. The zero-order valence-electron chi connectivity index (χ0n) is 7.60. The third kappa shape index (κ3) is 2.30. The SMILES string of the molecule is NC(CO)(CCc1cnc[nH]1)C(=O)O. The summed E-state index contributed by atoms with van der Waals surface area (Å²) in [6.45, 7) is -0.573. The highest BCUT2D eigenvalue weighted by atomic mass is 16.4. The Labute approximate surface area is 80.8 Å². The molecule has 78 valence electrons. The van der Waals surface area contributed by atoms with Gasteiger partial charge in [-0.1, -0.05) is 0 Å². The van der Waals surface area contributed by atoms with Crippen LogP contribution in [0.25, 0.3) is 0 Å². The Bertz CT molecular complexity index is 299. The molecule has 0 aliphatic heterocycles. The smallest absolute Gasteiger partial charge is 0.326 e. The average molecular weight is 199 g/mol. The van der Waals surface area contributed by atoms with E-state index in [1.807, 2.05) is 0 Å². The average Bonchev–Trinajstić information content (AvgIpc) is 2.66. The van der Waals surface area contributed by atoms with Crippen LogP contribution in [0.5, 0.6) is 0 Å². The van der Waals surface area contributed by atoms with Gasteiger partial charge in [0.15, 0.2) is 0 Å². The lowest BCUT2D eigenvalue weighted by atomic mass is 9.95. The number of nitrogens with one attached hydrogen (secondary N) is 1. The van der Waals surface area contributed by atoms with Crippen LogP contribution in [0.4, 0.5) is 0 Å². The predicted molar refractivity (Wildman–Crippen MR) is 48.5 cm³/mol. The van der Waals surface area contributed by atoms with Gasteiger partial charge in [0, 0.05) is 11.9 Å². The number of nitrogens with two attached hydrogens (primary N) is 1. The highest BCUT2D eigenvalue weighted by Gasteiger charge is 2.32. The van der Waals surface area contributed by atoms with Crippen LogP contribution < -0.4 is 5.73 Å². The van der Waals surface area contributed by atoms with Gasteiger partial charge in [-0.2, -0.15) is 0 Å². The number of aryl methyl sites for hydroxylation is 1. The summed E-state index contributed by atoms with van der Waals surface area (Å²) in [5.74, 6) is -1.19. The van der Waals surface area contributed by atoms with E-state index in [0.717, 1.165) is 5.69 Å². The number of aliphatic hydroxyl groups is 1. The van der Waals surface area contributed by atoms with E-state index in [2.05, 4.69) is 9.97 Å². The topological polar surface area (TPSA) is 112 Å². The molecular weight excluding hydrogens is 186 g/mol. The first-order valence-electron chi connectivity index (χ1n) is 4.19. The van der Waals surface area contributed by atoms with Crippen molar-refractivity contribution in [3.63, 3.8) is 0 Å². The lowest BCUT2D eigenvalue weighted by molar-refractivity contribution is -0.145. The molecule has 0 saturated carbocycles. The Hall–Kier alpha value is -1.40. The molecule has 14 heavy (non-hydrogen) atoms. The van der Waals surface area contributed by atoms with Gasteiger partial charge in [0.2, 0.25) is 0 Å². The summed E-state index contributed by atoms with van der Waals surface area (Å²) < 4.78 is 0. The van der Waals surface area contributed by atoms with Crippen molar-refractivity contribution in [1.82, 2.24) is 9.97 Å². The Morgan fingerprint density at radius 2 is 2.43 bits per heavy atom. The van der Waals surface area contributed by atoms with Crippen molar-refractivity contribution in [1.29, 1.82) is 0 Å². The van der Waals surface area contributed by atoms with Crippen molar-refractivity contribution in [3.05, 3.63) is 18.2 Å². The summed E-state index contributed by atoms with van der Waals surface area (Å²) in [4.78, 5) is 17.3. The van der Waals surface area contributed by atoms with E-state index in [4.69, 9.17) is 15.9 Å². The number of rotatable bonds is 5. The second-order valence-corrected chi connectivity index (χ2v) is 3.20. The van der Waals surface area contributed by atoms with Crippen LogP contribution in [-0.4, -0.2) is 38.3 Å². The molecule has 1 unspecified atom stereocenters. The molecule has 1 rings (SSSR count). The molecule has 6 heteroatoms. The minimum absolute atomic E-state index is 0.168. The molecule has 0 amide bonds. The molecule has 0 radical (unpaired) electrons. The van der Waals surface area contributed by atoms with Crippen LogP contribution >= 0.6 is 0 Å². The summed E-state index contributed by atoms with van der Waals surface area (Å²) in [6, 6.07) is 0. The van der Waals surface area contributed by atoms with Gasteiger partial charge in [0.05, 0.1) is 12.9 Å². The predicted octanol–water partition coefficient (Wildman–Crippen LogP) is -0.883. The van der Waals surface area contributed by atoms with Crippen LogP contribution in [-0.2, 0) is 11.2 Å². The number of H-pyrrole nitrogens is 1. The number of aromatic nitrogens is 2. The summed E-state index contributed by atoms with van der Waals surface area (Å²) in [7, 11) is 0. The van der Waals surface area contributed by atoms with Gasteiger partial charge >= 0.3 is 5.97 Å². The third-order valence-corrected chi connectivity index (χ3v) is 2.10. The monoisotopic (exact) mass is 199 g/mol. The fourth-order valence-corrected chi connectivity index (χ4v) is 1.03. The molecule has 0 aliphatic carbocycles. The van der Waals surface area contributed by atoms with Gasteiger partial charge in [-0.05, 0) is 12.8 Å². The van der Waals surface area contributed by atoms with Crippen LogP contribution in [0.2, 0.25) is 0 Å². The van der Waals surface area contributed by atoms with Gasteiger partial charge in [-0.15, -0.1) is 0 Å². The van der Waals surface area contributed by atoms with Crippen LogP contribution in [0.1, 0.15) is 12.1 Å². The second-order valence-electron chi connectivity index (χ2n) is 3.20. The molecule has 0 bridgehead atoms. The van der Waals surface area contributed by atoms with Gasteiger partial charge < -0.3 is 20.9 Å². The molecule has 1 aromatic heterocycles. The van der Waals surface area contributed by atoms with Crippen molar-refractivity contribution < 1.29 is 15.0 Å². The number of hydrogen-bond acceptors (Lipinski definition) is 4. The summed E-state index contributed by atoms with van der Waals surface area (Å²) in [5.41, 5.74) is 4.71. The highest BCUT2D eigenvalue weighted by molar-refractivity contribution is 5.78. The van der Waals surface area contributed by atoms with E-state index < -0.39 is 18.1 Å². The van der Waals surface area contributed by atoms with E-state index >= 15 is 0 Å². The van der Waals surface area contributed by atoms with Crippen LogP contribution in [0.15, 0.2) is 12.5 Å². The number of carboxylic acids is 1. The van der Waals surface area contributed by atoms with E-state index in [1.165, 1.54) is 6.33 Å². The number of aromatic amines is 1. The largest absolute Gasteiger partial charge is 0.480 e. The minimum atomic E-state index is -1.56. The van der Waals surface area contributed by atoms with Gasteiger partial charge in [-0.25, -0.2) is 4.98 Å². The molecule has 0 aromatic carbocycles. The van der Waals surface area contributed by atoms with Crippen molar-refractivity contribution in [2.45, 2.75) is 18.4 Å². The first-order valence-corrected chi connectivity index (χ1v) is 4.19. The number of imidazole rings is 1. The van der Waals surface area contributed by atoms with Gasteiger partial charge in [-0.3, -0.25) is 4.79 Å². The molecule has 0 saturated heterocycles. The Kier molecular flexibility index (Phi) is 3.21. The third-order valence-electron chi connectivity index (χ3n) is 2.10. The van der Waals surface area contributed by atoms with Crippen molar-refractivity contribution in [2.24, 2.45) is 5.73 Å². The van der Waals surface area contributed by atoms with E-state index in [9.17, 15) is 4.79 Å². The first kappa shape index (κ1) is 10.7. The van der Waals surface area contributed by atoms with Crippen molar-refractivity contribution >= 4 is 5.97 Å². The number of nitrogens with zero attached hydrogens (tertiary/aromatic N) is 1. The maximum absolute atomic E-state index is 10.7. The number of aliphatic hydroxyl groups excluding tert-OH is 1. The highest BCUT2D eigenvalue weighted by Crippen LogP contribution is 2.10. The summed E-state index contributed by atoms with van der Waals surface area (Å²) in [5, 5.41) is 17.6. The summed E-state index contributed by atoms with van der Waals surface area (Å²) >= 11 is 0. The molecule has 0 aliphatic rings. The maximum atomic E-state index is 10.7. The quantitative estimate of drug-likeness (QED) is 0.491. The van der Waals surface area contributed by atoms with E-state index in [0.29, 0.717) is 6.42 Å². The Morgan fingerprint density at radius 1 is 1.71 bits per heavy atom. The molecule has 0 fully saturated rings. The van der Waals surface area contributed by atoms with Crippen molar-refractivity contribution in [2.75, 3.05) is 6.61 Å². The fourth-order valence-electron chi connectivity index (χ4n) is 1.03. The van der Waals surface area contributed by atoms with Crippen LogP contribution in [0.3, 0.4) is 0 Å². The number of aliphatic carboxylic acids is 1. The number of hydrogen-bond donors (Lipinski definition) is 4. The molecule has 1 aromatic rings. The second kappa shape index (κ2) is 4.21. The van der Waals surface area contributed by atoms with Crippen molar-refractivity contribution in [3.8, 4) is 0 Å². The lowest BCUT2D eigenvalue weighted by Gasteiger charge is -2.21. The normalized spacial score (nSPS) is 15.0. The molecule has 1 atom stereocenters. The minimum Gasteiger partial charge on any atom is -0.480 e.